The largest absolute Gasteiger partial charge is 0.481 e. The number of hydrogen-bond donors (Lipinski definition) is 0. The Morgan fingerprint density at radius 2 is 2.07 bits per heavy atom. The Morgan fingerprint density at radius 1 is 1.29 bits per heavy atom. The Bertz CT molecular complexity index is 950. The first kappa shape index (κ1) is 19.9. The van der Waals surface area contributed by atoms with Gasteiger partial charge < -0.3 is 9.64 Å². The van der Waals surface area contributed by atoms with Crippen molar-refractivity contribution in [3.8, 4) is 17.7 Å². The quantitative estimate of drug-likeness (QED) is 0.584. The third-order valence-electron chi connectivity index (χ3n) is 4.57. The van der Waals surface area contributed by atoms with Crippen molar-refractivity contribution >= 4 is 17.5 Å². The van der Waals surface area contributed by atoms with Gasteiger partial charge in [0.15, 0.2) is 0 Å². The molecule has 0 bridgehead atoms. The van der Waals surface area contributed by atoms with Gasteiger partial charge in [-0.05, 0) is 49.5 Å². The van der Waals surface area contributed by atoms with Gasteiger partial charge in [-0.25, -0.2) is 9.97 Å². The molecule has 1 amide bonds. The molecular formula is C22H22ClN3O2. The molecule has 144 valence electrons. The molecule has 1 aliphatic rings. The Labute approximate surface area is 170 Å². The summed E-state index contributed by atoms with van der Waals surface area (Å²) in [6, 6.07) is 9.08. The molecule has 2 aromatic heterocycles. The van der Waals surface area contributed by atoms with E-state index in [1.54, 1.807) is 12.1 Å². The van der Waals surface area contributed by atoms with Gasteiger partial charge in [-0.1, -0.05) is 36.1 Å². The number of carbonyl (C=O) groups excluding carboxylic acids is 1. The highest BCUT2D eigenvalue weighted by Gasteiger charge is 2.21. The molecule has 0 atom stereocenters. The molecule has 5 nitrogen and oxygen atoms in total. The highest BCUT2D eigenvalue weighted by molar-refractivity contribution is 6.29. The van der Waals surface area contributed by atoms with Crippen molar-refractivity contribution in [2.45, 2.75) is 26.2 Å². The number of methoxy groups -OCH3 is 1. The number of aromatic nitrogens is 2. The third kappa shape index (κ3) is 5.11. The molecular weight excluding hydrogens is 374 g/mol. The number of aryl methyl sites for hydroxylation is 1. The molecule has 28 heavy (non-hydrogen) atoms. The van der Waals surface area contributed by atoms with Crippen LogP contribution in [0.1, 0.15) is 41.5 Å². The lowest BCUT2D eigenvalue weighted by Gasteiger charge is -2.28. The lowest BCUT2D eigenvalue weighted by Crippen LogP contribution is -2.36. The first-order chi connectivity index (χ1) is 13.6. The van der Waals surface area contributed by atoms with E-state index in [2.05, 4.69) is 28.7 Å². The van der Waals surface area contributed by atoms with E-state index in [0.29, 0.717) is 24.5 Å². The van der Waals surface area contributed by atoms with Gasteiger partial charge in [-0.3, -0.25) is 4.79 Å². The number of rotatable bonds is 3. The van der Waals surface area contributed by atoms with Crippen LogP contribution < -0.4 is 4.74 Å². The summed E-state index contributed by atoms with van der Waals surface area (Å²) < 4.78 is 5.09. The highest BCUT2D eigenvalue weighted by atomic mass is 35.5. The molecule has 0 spiro atoms. The number of piperidine rings is 1. The molecule has 2 aromatic rings. The van der Waals surface area contributed by atoms with E-state index >= 15 is 0 Å². The lowest BCUT2D eigenvalue weighted by molar-refractivity contribution is 0.0743. The molecule has 3 rings (SSSR count). The summed E-state index contributed by atoms with van der Waals surface area (Å²) in [5, 5.41) is 0.247. The summed E-state index contributed by atoms with van der Waals surface area (Å²) in [6.45, 7) is 3.38. The predicted molar refractivity (Wildman–Crippen MR) is 110 cm³/mol. The minimum Gasteiger partial charge on any atom is -0.481 e. The molecule has 0 aromatic carbocycles. The van der Waals surface area contributed by atoms with Crippen LogP contribution in [0.4, 0.5) is 0 Å². The lowest BCUT2D eigenvalue weighted by atomic mass is 10.0. The van der Waals surface area contributed by atoms with Crippen molar-refractivity contribution in [3.05, 3.63) is 64.1 Å². The Morgan fingerprint density at radius 3 is 2.79 bits per heavy atom. The first-order valence-corrected chi connectivity index (χ1v) is 9.63. The zero-order chi connectivity index (χ0) is 19.9. The molecule has 0 N–H and O–H groups in total. The van der Waals surface area contributed by atoms with Gasteiger partial charge in [-0.15, -0.1) is 0 Å². The summed E-state index contributed by atoms with van der Waals surface area (Å²) in [4.78, 5) is 23.0. The fraction of sp³-hybridized carbons (Fsp3) is 0.318. The van der Waals surface area contributed by atoms with E-state index in [1.807, 2.05) is 29.2 Å². The smallest absolute Gasteiger partial charge is 0.254 e. The topological polar surface area (TPSA) is 55.3 Å². The van der Waals surface area contributed by atoms with Crippen LogP contribution in [-0.4, -0.2) is 41.0 Å². The maximum atomic E-state index is 12.7. The van der Waals surface area contributed by atoms with E-state index in [-0.39, 0.29) is 11.1 Å². The average molecular weight is 396 g/mol. The van der Waals surface area contributed by atoms with Crippen LogP contribution in [0.25, 0.3) is 0 Å². The summed E-state index contributed by atoms with van der Waals surface area (Å²) in [5.41, 5.74) is 3.56. The van der Waals surface area contributed by atoms with E-state index in [1.165, 1.54) is 12.7 Å². The zero-order valence-corrected chi connectivity index (χ0v) is 16.8. The Balaban J connectivity index is 1.61. The van der Waals surface area contributed by atoms with Crippen LogP contribution >= 0.6 is 11.6 Å². The molecule has 6 heteroatoms. The molecule has 0 saturated carbocycles. The average Bonchev–Trinajstić information content (AvgIpc) is 2.73. The van der Waals surface area contributed by atoms with Crippen molar-refractivity contribution in [1.82, 2.24) is 14.9 Å². The number of hydrogen-bond acceptors (Lipinski definition) is 4. The van der Waals surface area contributed by atoms with Gasteiger partial charge in [0.05, 0.1) is 7.11 Å². The van der Waals surface area contributed by atoms with Crippen LogP contribution in [0.5, 0.6) is 5.88 Å². The Hall–Kier alpha value is -2.84. The second kappa shape index (κ2) is 9.38. The van der Waals surface area contributed by atoms with Gasteiger partial charge in [0, 0.05) is 30.4 Å². The van der Waals surface area contributed by atoms with Gasteiger partial charge in [0.2, 0.25) is 5.88 Å². The molecule has 0 aliphatic carbocycles. The second-order valence-corrected chi connectivity index (χ2v) is 6.84. The highest BCUT2D eigenvalue weighted by Crippen LogP contribution is 2.21. The van der Waals surface area contributed by atoms with E-state index in [4.69, 9.17) is 16.3 Å². The molecule has 1 saturated heterocycles. The van der Waals surface area contributed by atoms with Crippen LogP contribution in [0.15, 0.2) is 42.0 Å². The van der Waals surface area contributed by atoms with E-state index in [0.717, 1.165) is 30.7 Å². The number of likely N-dealkylation sites (tertiary alicyclic amines) is 1. The van der Waals surface area contributed by atoms with Crippen molar-refractivity contribution < 1.29 is 9.53 Å². The van der Waals surface area contributed by atoms with Crippen LogP contribution in [-0.2, 0) is 6.42 Å². The summed E-state index contributed by atoms with van der Waals surface area (Å²) in [6.07, 6.45) is 4.46. The standard InChI is InChI=1S/C22H22ClN3O2/c1-3-18-7-5-9-19(24-18)8-4-6-16-10-12-26(13-11-16)22(27)17-14-20(23)25-21(15-17)28-2/h5-7,9,14-15H,3,10-13H2,1-2H3. The first-order valence-electron chi connectivity index (χ1n) is 9.25. The third-order valence-corrected chi connectivity index (χ3v) is 4.76. The van der Waals surface area contributed by atoms with Gasteiger partial charge in [0.1, 0.15) is 10.8 Å². The maximum absolute atomic E-state index is 12.7. The van der Waals surface area contributed by atoms with Crippen molar-refractivity contribution in [2.24, 2.45) is 0 Å². The number of halogens is 1. The maximum Gasteiger partial charge on any atom is 0.254 e. The number of ether oxygens (including phenoxy) is 1. The normalized spacial score (nSPS) is 13.5. The van der Waals surface area contributed by atoms with Crippen molar-refractivity contribution in [2.75, 3.05) is 20.2 Å². The number of carbonyl (C=O) groups is 1. The van der Waals surface area contributed by atoms with E-state index < -0.39 is 0 Å². The number of nitrogens with zero attached hydrogens (tertiary/aromatic N) is 3. The molecule has 0 radical (unpaired) electrons. The van der Waals surface area contributed by atoms with Gasteiger partial charge in [0.25, 0.3) is 5.91 Å². The van der Waals surface area contributed by atoms with Crippen molar-refractivity contribution in [3.63, 3.8) is 0 Å². The summed E-state index contributed by atoms with van der Waals surface area (Å²) in [5.74, 6) is 6.47. The van der Waals surface area contributed by atoms with Crippen LogP contribution in [0.2, 0.25) is 5.15 Å². The fourth-order valence-electron chi connectivity index (χ4n) is 2.98. The molecule has 0 unspecified atom stereocenters. The number of pyridine rings is 2. The molecule has 3 heterocycles. The number of amides is 1. The zero-order valence-electron chi connectivity index (χ0n) is 16.0. The predicted octanol–water partition coefficient (Wildman–Crippen LogP) is 3.92. The number of allylic oxidation sites excluding steroid dienone is 1. The minimum atomic E-state index is -0.0617. The van der Waals surface area contributed by atoms with Crippen molar-refractivity contribution in [1.29, 1.82) is 0 Å². The SMILES string of the molecule is CCc1cccc(C#CC=C2CCN(C(=O)c3cc(Cl)nc(OC)c3)CC2)n1. The van der Waals surface area contributed by atoms with Gasteiger partial charge in [-0.2, -0.15) is 0 Å². The fourth-order valence-corrected chi connectivity index (χ4v) is 3.18. The van der Waals surface area contributed by atoms with Gasteiger partial charge >= 0.3 is 0 Å². The van der Waals surface area contributed by atoms with Crippen LogP contribution in [0.3, 0.4) is 0 Å². The van der Waals surface area contributed by atoms with E-state index in [9.17, 15) is 4.79 Å². The van der Waals surface area contributed by atoms with Crippen LogP contribution in [0, 0.1) is 11.8 Å². The summed E-state index contributed by atoms with van der Waals surface area (Å²) in [7, 11) is 1.50. The molecule has 1 fully saturated rings. The summed E-state index contributed by atoms with van der Waals surface area (Å²) >= 11 is 5.97. The Kier molecular flexibility index (Phi) is 6.67. The monoisotopic (exact) mass is 395 g/mol. The second-order valence-electron chi connectivity index (χ2n) is 6.45. The molecule has 1 aliphatic heterocycles. The minimum absolute atomic E-state index is 0.0617.